The van der Waals surface area contributed by atoms with Crippen LogP contribution >= 0.6 is 0 Å². The molecular formula is C29H34N9O5+. The van der Waals surface area contributed by atoms with Crippen LogP contribution in [0.5, 0.6) is 0 Å². The topological polar surface area (TPSA) is 202 Å². The second-order valence-electron chi connectivity index (χ2n) is 11.7. The lowest BCUT2D eigenvalue weighted by molar-refractivity contribution is -0.623. The Bertz CT molecular complexity index is 1590. The van der Waals surface area contributed by atoms with Crippen LogP contribution in [-0.4, -0.2) is 98.7 Å². The molecule has 5 aliphatic rings. The summed E-state index contributed by atoms with van der Waals surface area (Å²) in [5.41, 5.74) is 14.0. The molecule has 4 heterocycles. The molecule has 9 N–H and O–H groups in total. The monoisotopic (exact) mass is 588 g/mol. The van der Waals surface area contributed by atoms with Gasteiger partial charge in [0.05, 0.1) is 13.1 Å². The van der Waals surface area contributed by atoms with Crippen molar-refractivity contribution in [1.29, 1.82) is 0 Å². The first-order valence-electron chi connectivity index (χ1n) is 14.4. The number of anilines is 1. The second-order valence-corrected chi connectivity index (χ2v) is 11.7. The molecule has 0 saturated carbocycles. The van der Waals surface area contributed by atoms with Crippen LogP contribution in [0.25, 0.3) is 0 Å². The molecule has 4 amide bonds. The Hall–Kier alpha value is -4.69. The van der Waals surface area contributed by atoms with E-state index in [2.05, 4.69) is 20.9 Å². The minimum Gasteiger partial charge on any atom is -0.370 e. The van der Waals surface area contributed by atoms with Crippen molar-refractivity contribution in [2.45, 2.75) is 55.3 Å². The Balaban J connectivity index is 1.17. The van der Waals surface area contributed by atoms with Gasteiger partial charge in [0.1, 0.15) is 24.7 Å². The van der Waals surface area contributed by atoms with Crippen LogP contribution in [0, 0.1) is 0 Å². The highest BCUT2D eigenvalue weighted by Gasteiger charge is 2.75. The number of nitrogens with zero attached hydrogens (tertiary/aromatic N) is 4. The summed E-state index contributed by atoms with van der Waals surface area (Å²) in [6, 6.07) is 10.9. The van der Waals surface area contributed by atoms with Gasteiger partial charge in [-0.25, -0.2) is 14.4 Å². The number of aryl methyl sites for hydroxylation is 1. The molecule has 4 atom stereocenters. The van der Waals surface area contributed by atoms with E-state index in [0.29, 0.717) is 11.3 Å². The zero-order valence-corrected chi connectivity index (χ0v) is 23.4. The van der Waals surface area contributed by atoms with Gasteiger partial charge in [-0.15, -0.1) is 0 Å². The van der Waals surface area contributed by atoms with Crippen molar-refractivity contribution in [1.82, 2.24) is 20.9 Å². The van der Waals surface area contributed by atoms with E-state index in [1.165, 1.54) is 9.48 Å². The number of benzene rings is 2. The van der Waals surface area contributed by atoms with Gasteiger partial charge in [0.2, 0.25) is 11.4 Å². The lowest BCUT2D eigenvalue weighted by atomic mass is 9.84. The van der Waals surface area contributed by atoms with Crippen LogP contribution in [-0.2, 0) is 17.6 Å². The quantitative estimate of drug-likeness (QED) is 0.118. The summed E-state index contributed by atoms with van der Waals surface area (Å²) in [5.74, 6) is -3.48. The highest BCUT2D eigenvalue weighted by molar-refractivity contribution is 6.12. The maximum Gasteiger partial charge on any atom is 0.346 e. The van der Waals surface area contributed by atoms with Crippen LogP contribution in [0.1, 0.15) is 34.3 Å². The molecule has 1 unspecified atom stereocenters. The second kappa shape index (κ2) is 9.67. The van der Waals surface area contributed by atoms with Crippen molar-refractivity contribution in [3.05, 3.63) is 65.2 Å². The number of imide groups is 1. The number of fused-ring (bicyclic) bond motifs is 1. The van der Waals surface area contributed by atoms with Gasteiger partial charge in [-0.1, -0.05) is 30.3 Å². The lowest BCUT2D eigenvalue weighted by Gasteiger charge is -2.44. The maximum atomic E-state index is 13.6. The maximum absolute atomic E-state index is 13.6. The van der Waals surface area contributed by atoms with Gasteiger partial charge in [0, 0.05) is 11.3 Å². The number of nitrogens with two attached hydrogens (primary N) is 2. The smallest absolute Gasteiger partial charge is 0.346 e. The summed E-state index contributed by atoms with van der Waals surface area (Å²) in [7, 11) is 0. The van der Waals surface area contributed by atoms with E-state index in [0.717, 1.165) is 41.7 Å². The molecule has 0 radical (unpaired) electrons. The van der Waals surface area contributed by atoms with Gasteiger partial charge in [-0.05, 0) is 55.0 Å². The number of guanidine groups is 2. The zero-order valence-electron chi connectivity index (χ0n) is 23.4. The van der Waals surface area contributed by atoms with Crippen molar-refractivity contribution < 1.29 is 29.2 Å². The molecule has 2 saturated heterocycles. The molecule has 2 aromatic carbocycles. The molecule has 0 aromatic heterocycles. The Morgan fingerprint density at radius 1 is 1.09 bits per heavy atom. The predicted molar refractivity (Wildman–Crippen MR) is 155 cm³/mol. The molecule has 224 valence electrons. The number of rotatable bonds is 5. The fourth-order valence-corrected chi connectivity index (χ4v) is 7.26. The van der Waals surface area contributed by atoms with Gasteiger partial charge in [-0.3, -0.25) is 30.4 Å². The number of urea groups is 1. The number of amides is 4. The summed E-state index contributed by atoms with van der Waals surface area (Å²) in [6.07, 6.45) is 3.71. The highest BCUT2D eigenvalue weighted by Crippen LogP contribution is 2.42. The average Bonchev–Trinajstić information content (AvgIpc) is 3.58. The molecule has 14 nitrogen and oxygen atoms in total. The number of aliphatic imine (C=N–C) groups is 1. The van der Waals surface area contributed by atoms with Crippen LogP contribution in [0.4, 0.5) is 10.5 Å². The predicted octanol–water partition coefficient (Wildman–Crippen LogP) is -1.89. The highest BCUT2D eigenvalue weighted by atomic mass is 16.5. The molecule has 2 fully saturated rings. The fourth-order valence-electron chi connectivity index (χ4n) is 7.26. The Morgan fingerprint density at radius 2 is 1.86 bits per heavy atom. The molecule has 14 heteroatoms. The fraction of sp³-hybridized carbons (Fsp3) is 0.414. The van der Waals surface area contributed by atoms with Crippen LogP contribution in [0.15, 0.2) is 53.5 Å². The summed E-state index contributed by atoms with van der Waals surface area (Å²) in [5, 5.41) is 32.5. The number of hydrogen-bond donors (Lipinski definition) is 7. The van der Waals surface area contributed by atoms with Gasteiger partial charge >= 0.3 is 12.0 Å². The third-order valence-electron chi connectivity index (χ3n) is 9.32. The van der Waals surface area contributed by atoms with E-state index in [1.54, 1.807) is 30.3 Å². The first kappa shape index (κ1) is 27.2. The number of aliphatic hydroxyl groups is 2. The van der Waals surface area contributed by atoms with Gasteiger partial charge in [0.25, 0.3) is 11.8 Å². The van der Waals surface area contributed by atoms with E-state index in [1.807, 2.05) is 18.2 Å². The van der Waals surface area contributed by atoms with E-state index in [-0.39, 0.29) is 31.6 Å². The minimum absolute atomic E-state index is 0.0546. The molecule has 1 spiro atoms. The standard InChI is InChI=1S/C29H33N9O5/c30-25-34-23-20(13-37-22(39)15-36(27(37)41)17-9-2-1-3-10-17)32-26(31)38-14-21(29(42,43)28(23,38)35-25)33-24(40)19-12-6-8-16-7-4-5-11-18(16)19/h1-3,6,8-10,12,20-21,23,42-43H,4-5,7,11,13-15H2,(H6,30,31,32,33,34,35,40)/p+1/t20-,21?,23-,28-/m0/s1. The first-order chi connectivity index (χ1) is 20.6. The molecular weight excluding hydrogens is 554 g/mol. The number of nitrogens with one attached hydrogen (secondary N) is 3. The number of carbonyl (C=O) groups is 3. The van der Waals surface area contributed by atoms with Gasteiger partial charge in [0.15, 0.2) is 5.96 Å². The van der Waals surface area contributed by atoms with E-state index in [4.69, 9.17) is 11.5 Å². The normalized spacial score (nSPS) is 29.0. The van der Waals surface area contributed by atoms with Gasteiger partial charge < -0.3 is 26.6 Å². The van der Waals surface area contributed by atoms with E-state index < -0.39 is 47.4 Å². The number of hydrogen-bond acceptors (Lipinski definition) is 10. The third-order valence-corrected chi connectivity index (χ3v) is 9.32. The van der Waals surface area contributed by atoms with Gasteiger partial charge in [-0.2, -0.15) is 0 Å². The molecule has 43 heavy (non-hydrogen) atoms. The molecule has 1 aliphatic carbocycles. The Morgan fingerprint density at radius 3 is 2.65 bits per heavy atom. The first-order valence-corrected chi connectivity index (χ1v) is 14.4. The third kappa shape index (κ3) is 3.97. The molecule has 0 bridgehead atoms. The van der Waals surface area contributed by atoms with Crippen molar-refractivity contribution in [3.8, 4) is 0 Å². The van der Waals surface area contributed by atoms with Crippen molar-refractivity contribution in [2.75, 3.05) is 24.5 Å². The molecule has 4 aliphatic heterocycles. The zero-order chi connectivity index (χ0) is 30.1. The van der Waals surface area contributed by atoms with Crippen LogP contribution in [0.3, 0.4) is 0 Å². The van der Waals surface area contributed by atoms with Crippen molar-refractivity contribution >= 4 is 35.5 Å². The number of carbonyl (C=O) groups excluding carboxylic acids is 3. The molecule has 2 aromatic rings. The van der Waals surface area contributed by atoms with Crippen LogP contribution in [0.2, 0.25) is 0 Å². The largest absolute Gasteiger partial charge is 0.370 e. The minimum atomic E-state index is -2.62. The Labute approximate surface area is 247 Å². The van der Waals surface area contributed by atoms with Crippen molar-refractivity contribution in [2.24, 2.45) is 16.5 Å². The summed E-state index contributed by atoms with van der Waals surface area (Å²) < 4.78 is 1.49. The number of para-hydroxylation sites is 1. The summed E-state index contributed by atoms with van der Waals surface area (Å²) in [4.78, 5) is 46.8. The van der Waals surface area contributed by atoms with Crippen LogP contribution < -0.4 is 32.3 Å². The van der Waals surface area contributed by atoms with E-state index in [9.17, 15) is 24.6 Å². The average molecular weight is 589 g/mol. The summed E-state index contributed by atoms with van der Waals surface area (Å²) in [6.45, 7) is -0.375. The Kier molecular flexibility index (Phi) is 6.11. The molecule has 7 rings (SSSR count). The van der Waals surface area contributed by atoms with E-state index >= 15 is 0 Å². The lowest BCUT2D eigenvalue weighted by Crippen LogP contribution is -2.79. The van der Waals surface area contributed by atoms with Crippen molar-refractivity contribution in [3.63, 3.8) is 0 Å². The summed E-state index contributed by atoms with van der Waals surface area (Å²) >= 11 is 0. The SMILES string of the molecule is NC1=N[C@H]2[C@H](CN3C(=O)CN(c4ccccc4)C3=O)NC(N)=[N+]3CC(NC(=O)c4cccc5c4CCCC5)C(O)(O)[C@]23N1.